The molecule has 5 nitrogen and oxygen atoms in total. The molecule has 0 aliphatic carbocycles. The lowest BCUT2D eigenvalue weighted by Gasteiger charge is -2.23. The van der Waals surface area contributed by atoms with E-state index in [0.717, 1.165) is 33.8 Å². The summed E-state index contributed by atoms with van der Waals surface area (Å²) in [6, 6.07) is 15.4. The highest BCUT2D eigenvalue weighted by molar-refractivity contribution is 5.79. The van der Waals surface area contributed by atoms with Crippen LogP contribution in [-0.2, 0) is 11.2 Å². The van der Waals surface area contributed by atoms with Crippen molar-refractivity contribution in [3.63, 3.8) is 0 Å². The van der Waals surface area contributed by atoms with Crippen LogP contribution in [0.15, 0.2) is 52.9 Å². The third-order valence-electron chi connectivity index (χ3n) is 4.87. The number of hydrogen-bond acceptors (Lipinski definition) is 4. The number of methoxy groups -OCH3 is 2. The van der Waals surface area contributed by atoms with E-state index in [1.54, 1.807) is 19.1 Å². The summed E-state index contributed by atoms with van der Waals surface area (Å²) in [7, 11) is 5.05. The van der Waals surface area contributed by atoms with Crippen molar-refractivity contribution in [1.82, 2.24) is 4.90 Å². The van der Waals surface area contributed by atoms with Gasteiger partial charge < -0.3 is 18.8 Å². The molecule has 0 radical (unpaired) electrons. The zero-order chi connectivity index (χ0) is 19.4. The molecule has 1 unspecified atom stereocenters. The van der Waals surface area contributed by atoms with Crippen LogP contribution >= 0.6 is 0 Å². The van der Waals surface area contributed by atoms with Gasteiger partial charge in [0.05, 0.1) is 20.3 Å². The summed E-state index contributed by atoms with van der Waals surface area (Å²) in [6.45, 7) is 1.98. The first-order valence-electron chi connectivity index (χ1n) is 8.98. The fraction of sp³-hybridized carbons (Fsp3) is 0.318. The average Bonchev–Trinajstić information content (AvgIpc) is 3.14. The Balaban J connectivity index is 1.66. The van der Waals surface area contributed by atoms with Crippen molar-refractivity contribution in [2.75, 3.05) is 21.3 Å². The summed E-state index contributed by atoms with van der Waals surface area (Å²) < 4.78 is 16.5. The molecular weight excluding hydrogens is 342 g/mol. The maximum absolute atomic E-state index is 12.7. The fourth-order valence-corrected chi connectivity index (χ4v) is 3.05. The SMILES string of the molecule is COc1cc(CCC(=O)N(C)C(C)c2cc3ccccc3o2)cc(OC)c1. The molecule has 0 saturated carbocycles. The van der Waals surface area contributed by atoms with Crippen LogP contribution in [-0.4, -0.2) is 32.1 Å². The normalized spacial score (nSPS) is 12.0. The van der Waals surface area contributed by atoms with Gasteiger partial charge in [-0.3, -0.25) is 4.79 Å². The molecule has 0 aliphatic rings. The highest BCUT2D eigenvalue weighted by Gasteiger charge is 2.20. The third-order valence-corrected chi connectivity index (χ3v) is 4.87. The number of rotatable bonds is 7. The molecule has 1 amide bonds. The number of fused-ring (bicyclic) bond motifs is 1. The van der Waals surface area contributed by atoms with Crippen LogP contribution in [0.2, 0.25) is 0 Å². The predicted octanol–water partition coefficient (Wildman–Crippen LogP) is 4.60. The average molecular weight is 367 g/mol. The fourth-order valence-electron chi connectivity index (χ4n) is 3.05. The molecule has 0 N–H and O–H groups in total. The molecule has 0 aliphatic heterocycles. The number of para-hydroxylation sites is 1. The van der Waals surface area contributed by atoms with Crippen molar-refractivity contribution in [2.45, 2.75) is 25.8 Å². The summed E-state index contributed by atoms with van der Waals surface area (Å²) in [5, 5.41) is 1.05. The molecule has 1 atom stereocenters. The van der Waals surface area contributed by atoms with E-state index in [1.165, 1.54) is 0 Å². The van der Waals surface area contributed by atoms with Gasteiger partial charge in [-0.15, -0.1) is 0 Å². The van der Waals surface area contributed by atoms with Gasteiger partial charge in [0, 0.05) is 24.9 Å². The zero-order valence-corrected chi connectivity index (χ0v) is 16.2. The van der Waals surface area contributed by atoms with Gasteiger partial charge in [0.2, 0.25) is 5.91 Å². The van der Waals surface area contributed by atoms with E-state index in [4.69, 9.17) is 13.9 Å². The van der Waals surface area contributed by atoms with Gasteiger partial charge in [-0.05, 0) is 43.2 Å². The lowest BCUT2D eigenvalue weighted by Crippen LogP contribution is -2.29. The molecule has 0 saturated heterocycles. The molecular formula is C22H25NO4. The Kier molecular flexibility index (Phi) is 5.69. The van der Waals surface area contributed by atoms with Crippen LogP contribution in [0, 0.1) is 0 Å². The first-order chi connectivity index (χ1) is 13.0. The molecule has 3 rings (SSSR count). The maximum atomic E-state index is 12.7. The molecule has 2 aromatic carbocycles. The van der Waals surface area contributed by atoms with Crippen LogP contribution in [0.25, 0.3) is 11.0 Å². The maximum Gasteiger partial charge on any atom is 0.223 e. The number of furan rings is 1. The molecule has 27 heavy (non-hydrogen) atoms. The lowest BCUT2D eigenvalue weighted by atomic mass is 10.1. The lowest BCUT2D eigenvalue weighted by molar-refractivity contribution is -0.132. The van der Waals surface area contributed by atoms with Gasteiger partial charge in [-0.2, -0.15) is 0 Å². The number of carbonyl (C=O) groups excluding carboxylic acids is 1. The van der Waals surface area contributed by atoms with Gasteiger partial charge >= 0.3 is 0 Å². The minimum Gasteiger partial charge on any atom is -0.497 e. The predicted molar refractivity (Wildman–Crippen MR) is 105 cm³/mol. The Morgan fingerprint density at radius 3 is 2.37 bits per heavy atom. The summed E-state index contributed by atoms with van der Waals surface area (Å²) in [4.78, 5) is 14.4. The number of nitrogens with zero attached hydrogens (tertiary/aromatic N) is 1. The van der Waals surface area contributed by atoms with Crippen molar-refractivity contribution in [1.29, 1.82) is 0 Å². The Hall–Kier alpha value is -2.95. The summed E-state index contributed by atoms with van der Waals surface area (Å²) in [6.07, 6.45) is 1.01. The third kappa shape index (κ3) is 4.25. The second-order valence-electron chi connectivity index (χ2n) is 6.59. The number of amides is 1. The minimum atomic E-state index is -0.134. The van der Waals surface area contributed by atoms with E-state index in [1.807, 2.05) is 62.5 Å². The first kappa shape index (κ1) is 18.8. The van der Waals surface area contributed by atoms with E-state index in [2.05, 4.69) is 0 Å². The molecule has 0 bridgehead atoms. The van der Waals surface area contributed by atoms with Crippen molar-refractivity contribution < 1.29 is 18.7 Å². The number of ether oxygens (including phenoxy) is 2. The molecule has 3 aromatic rings. The highest BCUT2D eigenvalue weighted by atomic mass is 16.5. The van der Waals surface area contributed by atoms with Gasteiger partial charge in [0.25, 0.3) is 0 Å². The van der Waals surface area contributed by atoms with Crippen molar-refractivity contribution in [2.24, 2.45) is 0 Å². The van der Waals surface area contributed by atoms with Crippen LogP contribution in [0.1, 0.15) is 30.7 Å². The Morgan fingerprint density at radius 2 is 1.74 bits per heavy atom. The Bertz CT molecular complexity index is 876. The molecule has 1 aromatic heterocycles. The van der Waals surface area contributed by atoms with Gasteiger partial charge in [-0.25, -0.2) is 0 Å². The smallest absolute Gasteiger partial charge is 0.223 e. The number of aryl methyl sites for hydroxylation is 1. The summed E-state index contributed by atoms with van der Waals surface area (Å²) >= 11 is 0. The topological polar surface area (TPSA) is 51.9 Å². The summed E-state index contributed by atoms with van der Waals surface area (Å²) in [5.74, 6) is 2.29. The first-order valence-corrected chi connectivity index (χ1v) is 8.98. The van der Waals surface area contributed by atoms with Crippen molar-refractivity contribution in [3.8, 4) is 11.5 Å². The van der Waals surface area contributed by atoms with Gasteiger partial charge in [0.15, 0.2) is 0 Å². The standard InChI is InChI=1S/C22H25NO4/c1-15(21-13-17-7-5-6-8-20(17)27-21)23(2)22(24)10-9-16-11-18(25-3)14-19(12-16)26-4/h5-8,11-15H,9-10H2,1-4H3. The second kappa shape index (κ2) is 8.16. The van der Waals surface area contributed by atoms with Crippen molar-refractivity contribution >= 4 is 16.9 Å². The number of benzene rings is 2. The van der Waals surface area contributed by atoms with E-state index < -0.39 is 0 Å². The van der Waals surface area contributed by atoms with Crippen LogP contribution in [0.3, 0.4) is 0 Å². The van der Waals surface area contributed by atoms with Gasteiger partial charge in [-0.1, -0.05) is 18.2 Å². The van der Waals surface area contributed by atoms with Crippen molar-refractivity contribution in [3.05, 3.63) is 59.9 Å². The monoisotopic (exact) mass is 367 g/mol. The van der Waals surface area contributed by atoms with Crippen LogP contribution < -0.4 is 9.47 Å². The number of carbonyl (C=O) groups is 1. The second-order valence-corrected chi connectivity index (χ2v) is 6.59. The largest absolute Gasteiger partial charge is 0.497 e. The Labute approximate surface area is 159 Å². The molecule has 1 heterocycles. The molecule has 142 valence electrons. The van der Waals surface area contributed by atoms with E-state index in [9.17, 15) is 4.79 Å². The van der Waals surface area contributed by atoms with E-state index in [0.29, 0.717) is 12.8 Å². The van der Waals surface area contributed by atoms with Crippen LogP contribution in [0.4, 0.5) is 0 Å². The number of hydrogen-bond donors (Lipinski definition) is 0. The highest BCUT2D eigenvalue weighted by Crippen LogP contribution is 2.28. The molecule has 5 heteroatoms. The van der Waals surface area contributed by atoms with E-state index >= 15 is 0 Å². The Morgan fingerprint density at radius 1 is 1.07 bits per heavy atom. The molecule has 0 spiro atoms. The zero-order valence-electron chi connectivity index (χ0n) is 16.2. The van der Waals surface area contributed by atoms with Gasteiger partial charge in [0.1, 0.15) is 22.8 Å². The minimum absolute atomic E-state index is 0.0599. The summed E-state index contributed by atoms with van der Waals surface area (Å²) in [5.41, 5.74) is 1.84. The quantitative estimate of drug-likeness (QED) is 0.612. The van der Waals surface area contributed by atoms with Crippen LogP contribution in [0.5, 0.6) is 11.5 Å². The molecule has 0 fully saturated rings. The van der Waals surface area contributed by atoms with E-state index in [-0.39, 0.29) is 11.9 Å².